The minimum absolute atomic E-state index is 0.293. The lowest BCUT2D eigenvalue weighted by Gasteiger charge is -2.27. The molecule has 6 nitrogen and oxygen atoms in total. The third-order valence-electron chi connectivity index (χ3n) is 5.11. The Labute approximate surface area is 193 Å². The number of benzene rings is 3. The summed E-state index contributed by atoms with van der Waals surface area (Å²) in [6, 6.07) is 19.6. The Bertz CT molecular complexity index is 1310. The fraction of sp³-hybridized carbons (Fsp3) is 0.0435. The molecule has 0 fully saturated rings. The van der Waals surface area contributed by atoms with Crippen LogP contribution in [-0.4, -0.2) is 27.3 Å². The fourth-order valence-electron chi connectivity index (χ4n) is 3.55. The van der Waals surface area contributed by atoms with Gasteiger partial charge >= 0.3 is 7.12 Å². The fourth-order valence-corrected chi connectivity index (χ4v) is 4.10. The molecule has 4 aromatic rings. The van der Waals surface area contributed by atoms with Crippen LogP contribution in [-0.2, 0) is 0 Å². The van der Waals surface area contributed by atoms with Crippen molar-refractivity contribution in [3.05, 3.63) is 93.8 Å². The van der Waals surface area contributed by atoms with E-state index in [0.29, 0.717) is 49.7 Å². The number of halogens is 2. The first kappa shape index (κ1) is 20.8. The highest BCUT2D eigenvalue weighted by Crippen LogP contribution is 2.45. The molecule has 0 aliphatic carbocycles. The van der Waals surface area contributed by atoms with Crippen molar-refractivity contribution in [3.8, 4) is 17.1 Å². The maximum absolute atomic E-state index is 9.28. The van der Waals surface area contributed by atoms with Crippen LogP contribution in [0.3, 0.4) is 0 Å². The zero-order chi connectivity index (χ0) is 22.2. The normalized spacial score (nSPS) is 15.0. The average Bonchev–Trinajstić information content (AvgIpc) is 3.29. The van der Waals surface area contributed by atoms with Crippen LogP contribution in [0.1, 0.15) is 23.1 Å². The lowest BCUT2D eigenvalue weighted by Crippen LogP contribution is -2.29. The van der Waals surface area contributed by atoms with Gasteiger partial charge in [-0.3, -0.25) is 0 Å². The van der Waals surface area contributed by atoms with Crippen LogP contribution in [0.5, 0.6) is 5.75 Å². The molecule has 0 saturated carbocycles. The molecule has 1 atom stereocenters. The van der Waals surface area contributed by atoms with E-state index < -0.39 is 13.2 Å². The van der Waals surface area contributed by atoms with Crippen molar-refractivity contribution in [2.75, 3.05) is 0 Å². The lowest BCUT2D eigenvalue weighted by molar-refractivity contribution is 0.255. The van der Waals surface area contributed by atoms with Crippen LogP contribution in [0.4, 0.5) is 0 Å². The van der Waals surface area contributed by atoms with Crippen LogP contribution in [0.15, 0.2) is 71.3 Å². The van der Waals surface area contributed by atoms with E-state index in [1.165, 1.54) is 0 Å². The van der Waals surface area contributed by atoms with E-state index in [2.05, 4.69) is 10.1 Å². The Hall–Kier alpha value is -3.10. The highest BCUT2D eigenvalue weighted by Gasteiger charge is 2.31. The van der Waals surface area contributed by atoms with Crippen molar-refractivity contribution in [3.63, 3.8) is 0 Å². The Morgan fingerprint density at radius 2 is 1.69 bits per heavy atom. The van der Waals surface area contributed by atoms with E-state index in [-0.39, 0.29) is 0 Å². The van der Waals surface area contributed by atoms with Crippen LogP contribution < -0.4 is 10.2 Å². The largest absolute Gasteiger partial charge is 0.488 e. The monoisotopic (exact) mass is 464 g/mol. The average molecular weight is 465 g/mol. The van der Waals surface area contributed by atoms with Gasteiger partial charge in [0.2, 0.25) is 5.82 Å². The topological polar surface area (TPSA) is 88.6 Å². The van der Waals surface area contributed by atoms with Crippen molar-refractivity contribution in [2.24, 2.45) is 0 Å². The SMILES string of the molecule is OB(O)c1ccc(-c2noc(C3=Cc4cc(Cl)cc(Cl)c4OC3c3ccccc3)n2)cc1. The van der Waals surface area contributed by atoms with Gasteiger partial charge in [-0.1, -0.05) is 83.0 Å². The van der Waals surface area contributed by atoms with Crippen LogP contribution in [0, 0.1) is 0 Å². The summed E-state index contributed by atoms with van der Waals surface area (Å²) in [7, 11) is -1.54. The van der Waals surface area contributed by atoms with Crippen LogP contribution in [0.25, 0.3) is 23.0 Å². The van der Waals surface area contributed by atoms with Gasteiger partial charge in [-0.15, -0.1) is 0 Å². The van der Waals surface area contributed by atoms with E-state index >= 15 is 0 Å². The van der Waals surface area contributed by atoms with Gasteiger partial charge in [0, 0.05) is 16.1 Å². The summed E-state index contributed by atoms with van der Waals surface area (Å²) in [4.78, 5) is 4.56. The summed E-state index contributed by atoms with van der Waals surface area (Å²) >= 11 is 12.6. The molecule has 0 amide bonds. The molecule has 0 saturated heterocycles. The number of fused-ring (bicyclic) bond motifs is 1. The minimum Gasteiger partial charge on any atom is -0.479 e. The first-order valence-corrected chi connectivity index (χ1v) is 10.5. The molecule has 158 valence electrons. The van der Waals surface area contributed by atoms with E-state index in [9.17, 15) is 10.0 Å². The molecule has 0 radical (unpaired) electrons. The van der Waals surface area contributed by atoms with Crippen LogP contribution in [0.2, 0.25) is 10.0 Å². The maximum Gasteiger partial charge on any atom is 0.488 e. The second kappa shape index (κ2) is 8.45. The molecule has 2 heterocycles. The number of hydrogen-bond acceptors (Lipinski definition) is 6. The van der Waals surface area contributed by atoms with Crippen molar-refractivity contribution >= 4 is 47.4 Å². The predicted octanol–water partition coefficient (Wildman–Crippen LogP) is 4.40. The van der Waals surface area contributed by atoms with Gasteiger partial charge in [-0.25, -0.2) is 0 Å². The lowest BCUT2D eigenvalue weighted by atomic mass is 9.80. The molecule has 1 aliphatic rings. The summed E-state index contributed by atoms with van der Waals surface area (Å²) in [5.74, 6) is 1.19. The van der Waals surface area contributed by atoms with Gasteiger partial charge in [0.1, 0.15) is 5.75 Å². The number of rotatable bonds is 4. The van der Waals surface area contributed by atoms with E-state index in [1.54, 1.807) is 36.4 Å². The van der Waals surface area contributed by atoms with E-state index in [4.69, 9.17) is 32.5 Å². The second-order valence-electron chi connectivity index (χ2n) is 7.23. The zero-order valence-electron chi connectivity index (χ0n) is 16.4. The van der Waals surface area contributed by atoms with Crippen molar-refractivity contribution in [2.45, 2.75) is 6.10 Å². The summed E-state index contributed by atoms with van der Waals surface area (Å²) in [5, 5.41) is 23.6. The van der Waals surface area contributed by atoms with Gasteiger partial charge in [0.25, 0.3) is 5.89 Å². The number of ether oxygens (including phenoxy) is 1. The number of nitrogens with zero attached hydrogens (tertiary/aromatic N) is 2. The molecule has 3 aromatic carbocycles. The molecular formula is C23H15BCl2N2O4. The van der Waals surface area contributed by atoms with E-state index in [0.717, 1.165) is 5.56 Å². The molecule has 0 spiro atoms. The summed E-state index contributed by atoms with van der Waals surface area (Å²) in [6.07, 6.45) is 1.37. The zero-order valence-corrected chi connectivity index (χ0v) is 18.0. The maximum atomic E-state index is 9.28. The molecule has 9 heteroatoms. The van der Waals surface area contributed by atoms with Crippen molar-refractivity contribution in [1.29, 1.82) is 0 Å². The molecule has 1 aliphatic heterocycles. The third-order valence-corrected chi connectivity index (χ3v) is 5.61. The molecule has 1 aromatic heterocycles. The summed E-state index contributed by atoms with van der Waals surface area (Å²) in [5.41, 5.74) is 3.32. The molecule has 0 bridgehead atoms. The van der Waals surface area contributed by atoms with Gasteiger partial charge in [-0.05, 0) is 29.2 Å². The predicted molar refractivity (Wildman–Crippen MR) is 124 cm³/mol. The smallest absolute Gasteiger partial charge is 0.479 e. The van der Waals surface area contributed by atoms with Gasteiger partial charge < -0.3 is 19.3 Å². The van der Waals surface area contributed by atoms with Gasteiger partial charge in [0.05, 0.1) is 10.6 Å². The summed E-state index contributed by atoms with van der Waals surface area (Å²) < 4.78 is 11.9. The Kier molecular flexibility index (Phi) is 5.49. The van der Waals surface area contributed by atoms with Crippen molar-refractivity contribution < 1.29 is 19.3 Å². The van der Waals surface area contributed by atoms with Crippen LogP contribution >= 0.6 is 23.2 Å². The molecule has 5 rings (SSSR count). The summed E-state index contributed by atoms with van der Waals surface area (Å²) in [6.45, 7) is 0. The highest BCUT2D eigenvalue weighted by atomic mass is 35.5. The Morgan fingerprint density at radius 3 is 2.41 bits per heavy atom. The quantitative estimate of drug-likeness (QED) is 0.435. The molecule has 2 N–H and O–H groups in total. The highest BCUT2D eigenvalue weighted by molar-refractivity contribution is 6.58. The van der Waals surface area contributed by atoms with Gasteiger partial charge in [0.15, 0.2) is 6.10 Å². The van der Waals surface area contributed by atoms with Crippen molar-refractivity contribution in [1.82, 2.24) is 10.1 Å². The standard InChI is InChI=1S/C23H15BCl2N2O4/c25-17-10-15-11-18(20(13-4-2-1-3-5-13)31-21(15)19(26)12-17)23-27-22(28-32-23)14-6-8-16(9-7-14)24(29)30/h1-12,20,29-30H. The first-order valence-electron chi connectivity index (χ1n) is 9.72. The Balaban J connectivity index is 1.58. The number of hydrogen-bond donors (Lipinski definition) is 2. The molecule has 1 unspecified atom stereocenters. The van der Waals surface area contributed by atoms with E-state index in [1.807, 2.05) is 36.4 Å². The Morgan fingerprint density at radius 1 is 0.938 bits per heavy atom. The molecule has 32 heavy (non-hydrogen) atoms. The molecular weight excluding hydrogens is 450 g/mol. The first-order chi connectivity index (χ1) is 15.5. The second-order valence-corrected chi connectivity index (χ2v) is 8.08. The minimum atomic E-state index is -1.54. The third kappa shape index (κ3) is 3.92. The van der Waals surface area contributed by atoms with Gasteiger partial charge in [-0.2, -0.15) is 4.98 Å². The number of aromatic nitrogens is 2.